The van der Waals surface area contributed by atoms with Crippen molar-refractivity contribution in [1.82, 2.24) is 4.90 Å². The van der Waals surface area contributed by atoms with Gasteiger partial charge in [-0.2, -0.15) is 0 Å². The van der Waals surface area contributed by atoms with Crippen LogP contribution in [0.5, 0.6) is 0 Å². The van der Waals surface area contributed by atoms with E-state index in [0.717, 1.165) is 24.8 Å². The normalized spacial score (nSPS) is 14.4. The molecule has 0 unspecified atom stereocenters. The third-order valence-electron chi connectivity index (χ3n) is 3.70. The van der Waals surface area contributed by atoms with E-state index in [2.05, 4.69) is 10.2 Å². The van der Waals surface area contributed by atoms with Gasteiger partial charge in [0.2, 0.25) is 0 Å². The largest absolute Gasteiger partial charge is 0.395 e. The smallest absolute Gasteiger partial charge is 0.292 e. The number of aliphatic hydroxyl groups is 1. The number of nitrogens with one attached hydrogen (secondary N) is 1. The molecule has 1 aromatic carbocycles. The van der Waals surface area contributed by atoms with Gasteiger partial charge in [0.15, 0.2) is 0 Å². The molecule has 1 aromatic rings. The van der Waals surface area contributed by atoms with Gasteiger partial charge in [-0.1, -0.05) is 19.1 Å². The zero-order valence-electron chi connectivity index (χ0n) is 12.4. The number of nitrogens with zero attached hydrogens (tertiary/aromatic N) is 2. The molecular formula is C15H23N3O3. The van der Waals surface area contributed by atoms with E-state index in [1.165, 1.54) is 6.07 Å². The number of anilines is 1. The molecule has 6 nitrogen and oxygen atoms in total. The Hall–Kier alpha value is -1.66. The molecule has 1 saturated carbocycles. The summed E-state index contributed by atoms with van der Waals surface area (Å²) < 4.78 is 0. The van der Waals surface area contributed by atoms with Crippen molar-refractivity contribution in [3.63, 3.8) is 0 Å². The second-order valence-corrected chi connectivity index (χ2v) is 5.42. The first-order valence-electron chi connectivity index (χ1n) is 7.52. The summed E-state index contributed by atoms with van der Waals surface area (Å²) in [6.07, 6.45) is 3.20. The summed E-state index contributed by atoms with van der Waals surface area (Å²) in [7, 11) is 0. The molecule has 116 valence electrons. The van der Waals surface area contributed by atoms with Crippen LogP contribution in [0.3, 0.4) is 0 Å². The number of para-hydroxylation sites is 1. The number of hydrogen-bond donors (Lipinski definition) is 2. The fourth-order valence-corrected chi connectivity index (χ4v) is 2.50. The zero-order valence-corrected chi connectivity index (χ0v) is 12.4. The standard InChI is InChI=1S/C15H23N3O3/c1-2-8-16-15-12(4-3-5-14(15)18(20)21)11-17(9-10-19)13-6-7-13/h3-5,13,16,19H,2,6-11H2,1H3. The first kappa shape index (κ1) is 15.7. The molecule has 21 heavy (non-hydrogen) atoms. The Morgan fingerprint density at radius 2 is 2.24 bits per heavy atom. The van der Waals surface area contributed by atoms with E-state index < -0.39 is 0 Å². The number of benzene rings is 1. The molecule has 0 radical (unpaired) electrons. The maximum atomic E-state index is 11.2. The molecule has 0 aromatic heterocycles. The van der Waals surface area contributed by atoms with Gasteiger partial charge in [0.05, 0.1) is 11.5 Å². The van der Waals surface area contributed by atoms with Crippen LogP contribution in [0, 0.1) is 10.1 Å². The van der Waals surface area contributed by atoms with Crippen LogP contribution in [0.1, 0.15) is 31.7 Å². The van der Waals surface area contributed by atoms with Crippen molar-refractivity contribution < 1.29 is 10.0 Å². The molecule has 2 rings (SSSR count). The summed E-state index contributed by atoms with van der Waals surface area (Å²) in [5.74, 6) is 0. The Balaban J connectivity index is 2.23. The summed E-state index contributed by atoms with van der Waals surface area (Å²) >= 11 is 0. The van der Waals surface area contributed by atoms with E-state index in [9.17, 15) is 15.2 Å². The van der Waals surface area contributed by atoms with Crippen LogP contribution in [0.4, 0.5) is 11.4 Å². The predicted molar refractivity (Wildman–Crippen MR) is 82.4 cm³/mol. The summed E-state index contributed by atoms with van der Waals surface area (Å²) in [6, 6.07) is 5.71. The number of hydrogen-bond acceptors (Lipinski definition) is 5. The minimum absolute atomic E-state index is 0.114. The Morgan fingerprint density at radius 1 is 1.48 bits per heavy atom. The highest BCUT2D eigenvalue weighted by Gasteiger charge is 2.29. The molecule has 0 saturated heterocycles. The van der Waals surface area contributed by atoms with Crippen molar-refractivity contribution in [1.29, 1.82) is 0 Å². The van der Waals surface area contributed by atoms with Crippen molar-refractivity contribution in [3.05, 3.63) is 33.9 Å². The van der Waals surface area contributed by atoms with E-state index in [0.29, 0.717) is 31.4 Å². The van der Waals surface area contributed by atoms with Crippen molar-refractivity contribution >= 4 is 11.4 Å². The van der Waals surface area contributed by atoms with Crippen LogP contribution in [0.25, 0.3) is 0 Å². The maximum Gasteiger partial charge on any atom is 0.292 e. The molecule has 0 amide bonds. The lowest BCUT2D eigenvalue weighted by Crippen LogP contribution is -2.29. The summed E-state index contributed by atoms with van der Waals surface area (Å²) in [4.78, 5) is 13.1. The minimum atomic E-state index is -0.338. The fraction of sp³-hybridized carbons (Fsp3) is 0.600. The summed E-state index contributed by atoms with van der Waals surface area (Å²) in [5, 5.41) is 23.6. The highest BCUT2D eigenvalue weighted by atomic mass is 16.6. The first-order valence-corrected chi connectivity index (χ1v) is 7.52. The molecule has 0 aliphatic heterocycles. The minimum Gasteiger partial charge on any atom is -0.395 e. The molecule has 0 bridgehead atoms. The second kappa shape index (κ2) is 7.38. The molecule has 0 heterocycles. The average Bonchev–Trinajstić information content (AvgIpc) is 3.29. The quantitative estimate of drug-likeness (QED) is 0.540. The van der Waals surface area contributed by atoms with Gasteiger partial charge in [0.25, 0.3) is 5.69 Å². The van der Waals surface area contributed by atoms with E-state index in [1.807, 2.05) is 13.0 Å². The topological polar surface area (TPSA) is 78.6 Å². The number of nitro groups is 1. The lowest BCUT2D eigenvalue weighted by molar-refractivity contribution is -0.384. The van der Waals surface area contributed by atoms with E-state index in [4.69, 9.17) is 0 Å². The van der Waals surface area contributed by atoms with Crippen molar-refractivity contribution in [2.45, 2.75) is 38.8 Å². The lowest BCUT2D eigenvalue weighted by Gasteiger charge is -2.22. The van der Waals surface area contributed by atoms with Gasteiger partial charge in [-0.3, -0.25) is 15.0 Å². The highest BCUT2D eigenvalue weighted by Crippen LogP contribution is 2.33. The molecule has 2 N–H and O–H groups in total. The fourth-order valence-electron chi connectivity index (χ4n) is 2.50. The monoisotopic (exact) mass is 293 g/mol. The Morgan fingerprint density at radius 3 is 2.81 bits per heavy atom. The molecule has 0 atom stereocenters. The van der Waals surface area contributed by atoms with Gasteiger partial charge < -0.3 is 10.4 Å². The SMILES string of the molecule is CCCNc1c(CN(CCO)C2CC2)cccc1[N+](=O)[O-]. The third kappa shape index (κ3) is 4.15. The van der Waals surface area contributed by atoms with Crippen LogP contribution in [-0.2, 0) is 6.54 Å². The van der Waals surface area contributed by atoms with Crippen LogP contribution in [-0.4, -0.2) is 40.7 Å². The van der Waals surface area contributed by atoms with Crippen LogP contribution < -0.4 is 5.32 Å². The predicted octanol–water partition coefficient (Wildman–Crippen LogP) is 2.37. The van der Waals surface area contributed by atoms with Gasteiger partial charge in [-0.05, 0) is 24.8 Å². The van der Waals surface area contributed by atoms with Crippen LogP contribution in [0.15, 0.2) is 18.2 Å². The number of aliphatic hydroxyl groups excluding tert-OH is 1. The molecule has 1 fully saturated rings. The van der Waals surface area contributed by atoms with Gasteiger partial charge >= 0.3 is 0 Å². The molecule has 1 aliphatic rings. The Bertz CT molecular complexity index is 489. The average molecular weight is 293 g/mol. The van der Waals surface area contributed by atoms with Crippen LogP contribution in [0.2, 0.25) is 0 Å². The van der Waals surface area contributed by atoms with Crippen molar-refractivity contribution in [3.8, 4) is 0 Å². The van der Waals surface area contributed by atoms with Gasteiger partial charge in [0.1, 0.15) is 5.69 Å². The lowest BCUT2D eigenvalue weighted by atomic mass is 10.1. The summed E-state index contributed by atoms with van der Waals surface area (Å²) in [6.45, 7) is 4.10. The molecule has 6 heteroatoms. The van der Waals surface area contributed by atoms with Crippen molar-refractivity contribution in [2.24, 2.45) is 0 Å². The third-order valence-corrected chi connectivity index (χ3v) is 3.70. The van der Waals surface area contributed by atoms with Crippen LogP contribution >= 0.6 is 0 Å². The zero-order chi connectivity index (χ0) is 15.2. The van der Waals surface area contributed by atoms with Gasteiger partial charge in [0, 0.05) is 31.7 Å². The Kier molecular flexibility index (Phi) is 5.52. The highest BCUT2D eigenvalue weighted by molar-refractivity contribution is 5.66. The van der Waals surface area contributed by atoms with Gasteiger partial charge in [-0.15, -0.1) is 0 Å². The molecular weight excluding hydrogens is 270 g/mol. The Labute approximate surface area is 124 Å². The first-order chi connectivity index (χ1) is 10.2. The van der Waals surface area contributed by atoms with Gasteiger partial charge in [-0.25, -0.2) is 0 Å². The second-order valence-electron chi connectivity index (χ2n) is 5.42. The number of rotatable bonds is 9. The van der Waals surface area contributed by atoms with E-state index in [1.54, 1.807) is 6.07 Å². The maximum absolute atomic E-state index is 11.2. The van der Waals surface area contributed by atoms with E-state index in [-0.39, 0.29) is 17.2 Å². The molecule has 1 aliphatic carbocycles. The number of nitro benzene ring substituents is 1. The van der Waals surface area contributed by atoms with E-state index >= 15 is 0 Å². The summed E-state index contributed by atoms with van der Waals surface area (Å²) in [5.41, 5.74) is 1.67. The molecule has 0 spiro atoms. The van der Waals surface area contributed by atoms with Crippen molar-refractivity contribution in [2.75, 3.05) is 25.0 Å².